The summed E-state index contributed by atoms with van der Waals surface area (Å²) in [5.41, 5.74) is 9.24. The van der Waals surface area contributed by atoms with E-state index in [4.69, 9.17) is 10.5 Å². The first-order valence-electron chi connectivity index (χ1n) is 5.70. The van der Waals surface area contributed by atoms with Crippen LogP contribution in [0, 0.1) is 0 Å². The van der Waals surface area contributed by atoms with Gasteiger partial charge in [-0.2, -0.15) is 0 Å². The molecule has 0 aliphatic carbocycles. The molecule has 1 unspecified atom stereocenters. The zero-order chi connectivity index (χ0) is 12.3. The van der Waals surface area contributed by atoms with Gasteiger partial charge in [0.05, 0.1) is 7.11 Å². The van der Waals surface area contributed by atoms with Gasteiger partial charge in [0.25, 0.3) is 0 Å². The molecule has 0 aliphatic rings. The molecule has 0 radical (unpaired) electrons. The quantitative estimate of drug-likeness (QED) is 0.815. The Morgan fingerprint density at radius 1 is 1.00 bits per heavy atom. The fraction of sp³-hybridized carbons (Fsp3) is 0.200. The molecule has 0 heterocycles. The molecule has 0 amide bonds. The minimum absolute atomic E-state index is 0.294. The van der Waals surface area contributed by atoms with Crippen molar-refractivity contribution in [2.24, 2.45) is 0 Å². The van der Waals surface area contributed by atoms with Gasteiger partial charge < -0.3 is 10.5 Å². The summed E-state index contributed by atoms with van der Waals surface area (Å²) in [4.78, 5) is 0. The summed E-state index contributed by atoms with van der Waals surface area (Å²) in [6.07, 6.45) is 0. The van der Waals surface area contributed by atoms with Crippen molar-refractivity contribution in [3.8, 4) is 5.75 Å². The first-order valence-corrected chi connectivity index (χ1v) is 5.70. The van der Waals surface area contributed by atoms with E-state index in [1.54, 1.807) is 7.11 Å². The number of nitrogen functional groups attached to an aromatic ring is 1. The molecule has 0 aromatic heterocycles. The van der Waals surface area contributed by atoms with Gasteiger partial charge in [0.15, 0.2) is 0 Å². The van der Waals surface area contributed by atoms with Gasteiger partial charge in [-0.1, -0.05) is 37.3 Å². The number of benzene rings is 2. The molecule has 1 atom stereocenters. The topological polar surface area (TPSA) is 35.2 Å². The smallest absolute Gasteiger partial charge is 0.118 e. The summed E-state index contributed by atoms with van der Waals surface area (Å²) in [7, 11) is 1.67. The number of nitrogens with two attached hydrogens (primary N) is 1. The number of ether oxygens (including phenoxy) is 1. The average molecular weight is 227 g/mol. The highest BCUT2D eigenvalue weighted by atomic mass is 16.5. The molecular formula is C15H17NO. The van der Waals surface area contributed by atoms with Crippen molar-refractivity contribution in [1.82, 2.24) is 0 Å². The lowest BCUT2D eigenvalue weighted by molar-refractivity contribution is 0.414. The van der Waals surface area contributed by atoms with Crippen molar-refractivity contribution in [2.75, 3.05) is 12.8 Å². The Morgan fingerprint density at radius 2 is 1.65 bits per heavy atom. The first-order chi connectivity index (χ1) is 8.22. The number of methoxy groups -OCH3 is 1. The third-order valence-electron chi connectivity index (χ3n) is 3.08. The minimum atomic E-state index is 0.294. The summed E-state index contributed by atoms with van der Waals surface area (Å²) in [6, 6.07) is 16.1. The third kappa shape index (κ3) is 2.41. The van der Waals surface area contributed by atoms with E-state index >= 15 is 0 Å². The number of rotatable bonds is 3. The largest absolute Gasteiger partial charge is 0.497 e. The summed E-state index contributed by atoms with van der Waals surface area (Å²) in [5.74, 6) is 1.17. The van der Waals surface area contributed by atoms with Crippen molar-refractivity contribution < 1.29 is 4.74 Å². The highest BCUT2D eigenvalue weighted by molar-refractivity contribution is 5.51. The fourth-order valence-corrected chi connectivity index (χ4v) is 1.98. The second-order valence-corrected chi connectivity index (χ2v) is 4.12. The lowest BCUT2D eigenvalue weighted by Gasteiger charge is -2.15. The molecule has 2 nitrogen and oxygen atoms in total. The summed E-state index contributed by atoms with van der Waals surface area (Å²) in [6.45, 7) is 2.16. The maximum atomic E-state index is 5.99. The van der Waals surface area contributed by atoms with Gasteiger partial charge in [-0.05, 0) is 29.3 Å². The predicted molar refractivity (Wildman–Crippen MR) is 71.4 cm³/mol. The molecule has 0 spiro atoms. The second-order valence-electron chi connectivity index (χ2n) is 4.12. The molecule has 2 aromatic carbocycles. The fourth-order valence-electron chi connectivity index (χ4n) is 1.98. The summed E-state index contributed by atoms with van der Waals surface area (Å²) >= 11 is 0. The molecule has 0 fully saturated rings. The predicted octanol–water partition coefficient (Wildman–Crippen LogP) is 3.43. The minimum Gasteiger partial charge on any atom is -0.497 e. The molecule has 0 aliphatic heterocycles. The molecule has 0 saturated carbocycles. The van der Waals surface area contributed by atoms with Gasteiger partial charge in [-0.3, -0.25) is 0 Å². The Balaban J connectivity index is 2.30. The van der Waals surface area contributed by atoms with Gasteiger partial charge in [0.1, 0.15) is 5.75 Å². The van der Waals surface area contributed by atoms with E-state index in [0.29, 0.717) is 5.92 Å². The molecule has 88 valence electrons. The summed E-state index contributed by atoms with van der Waals surface area (Å²) in [5, 5.41) is 0. The lowest BCUT2D eigenvalue weighted by Crippen LogP contribution is -2.00. The molecule has 2 aromatic rings. The monoisotopic (exact) mass is 227 g/mol. The van der Waals surface area contributed by atoms with Crippen molar-refractivity contribution >= 4 is 5.69 Å². The maximum absolute atomic E-state index is 5.99. The van der Waals surface area contributed by atoms with Crippen LogP contribution in [0.4, 0.5) is 5.69 Å². The zero-order valence-electron chi connectivity index (χ0n) is 10.2. The molecule has 0 bridgehead atoms. The van der Waals surface area contributed by atoms with E-state index in [0.717, 1.165) is 17.0 Å². The van der Waals surface area contributed by atoms with Crippen LogP contribution in [0.3, 0.4) is 0 Å². The lowest BCUT2D eigenvalue weighted by atomic mass is 9.92. The Labute approximate surface area is 102 Å². The van der Waals surface area contributed by atoms with Gasteiger partial charge in [0, 0.05) is 11.6 Å². The number of anilines is 1. The van der Waals surface area contributed by atoms with E-state index in [1.807, 2.05) is 30.3 Å². The van der Waals surface area contributed by atoms with E-state index < -0.39 is 0 Å². The maximum Gasteiger partial charge on any atom is 0.118 e. The van der Waals surface area contributed by atoms with E-state index in [1.165, 1.54) is 5.56 Å². The highest BCUT2D eigenvalue weighted by Crippen LogP contribution is 2.29. The van der Waals surface area contributed by atoms with Gasteiger partial charge >= 0.3 is 0 Å². The zero-order valence-corrected chi connectivity index (χ0v) is 10.2. The van der Waals surface area contributed by atoms with Crippen molar-refractivity contribution in [3.63, 3.8) is 0 Å². The Kier molecular flexibility index (Phi) is 3.33. The standard InChI is InChI=1S/C15H17NO/c1-11(14-5-3-4-6-15(14)16)12-7-9-13(17-2)10-8-12/h3-11H,16H2,1-2H3. The Morgan fingerprint density at radius 3 is 2.24 bits per heavy atom. The van der Waals surface area contributed by atoms with E-state index in [2.05, 4.69) is 25.1 Å². The number of hydrogen-bond acceptors (Lipinski definition) is 2. The van der Waals surface area contributed by atoms with Gasteiger partial charge in [-0.25, -0.2) is 0 Å². The molecule has 2 N–H and O–H groups in total. The molecule has 2 heteroatoms. The number of hydrogen-bond donors (Lipinski definition) is 1. The normalized spacial score (nSPS) is 12.1. The number of para-hydroxylation sites is 1. The molecule has 0 saturated heterocycles. The third-order valence-corrected chi connectivity index (χ3v) is 3.08. The van der Waals surface area contributed by atoms with Crippen LogP contribution < -0.4 is 10.5 Å². The van der Waals surface area contributed by atoms with Gasteiger partial charge in [0.2, 0.25) is 0 Å². The average Bonchev–Trinajstić information content (AvgIpc) is 2.39. The molecular weight excluding hydrogens is 210 g/mol. The van der Waals surface area contributed by atoms with Crippen LogP contribution in [0.25, 0.3) is 0 Å². The second kappa shape index (κ2) is 4.91. The Bertz CT molecular complexity index is 491. The summed E-state index contributed by atoms with van der Waals surface area (Å²) < 4.78 is 5.15. The van der Waals surface area contributed by atoms with Crippen LogP contribution in [0.5, 0.6) is 5.75 Å². The van der Waals surface area contributed by atoms with Crippen LogP contribution in [-0.2, 0) is 0 Å². The Hall–Kier alpha value is -1.96. The molecule has 17 heavy (non-hydrogen) atoms. The highest BCUT2D eigenvalue weighted by Gasteiger charge is 2.10. The first kappa shape index (κ1) is 11.5. The van der Waals surface area contributed by atoms with Crippen molar-refractivity contribution in [1.29, 1.82) is 0 Å². The van der Waals surface area contributed by atoms with Crippen LogP contribution in [0.2, 0.25) is 0 Å². The van der Waals surface area contributed by atoms with E-state index in [-0.39, 0.29) is 0 Å². The van der Waals surface area contributed by atoms with Crippen molar-refractivity contribution in [2.45, 2.75) is 12.8 Å². The van der Waals surface area contributed by atoms with Gasteiger partial charge in [-0.15, -0.1) is 0 Å². The molecule has 2 rings (SSSR count). The van der Waals surface area contributed by atoms with Crippen LogP contribution in [-0.4, -0.2) is 7.11 Å². The van der Waals surface area contributed by atoms with E-state index in [9.17, 15) is 0 Å². The van der Waals surface area contributed by atoms with Crippen LogP contribution in [0.1, 0.15) is 24.0 Å². The van der Waals surface area contributed by atoms with Crippen molar-refractivity contribution in [3.05, 3.63) is 59.7 Å². The SMILES string of the molecule is COc1ccc(C(C)c2ccccc2N)cc1. The van der Waals surface area contributed by atoms with Crippen LogP contribution in [0.15, 0.2) is 48.5 Å². The van der Waals surface area contributed by atoms with Crippen LogP contribution >= 0.6 is 0 Å².